The van der Waals surface area contributed by atoms with E-state index in [1.165, 1.54) is 0 Å². The van der Waals surface area contributed by atoms with Crippen LogP contribution in [0.25, 0.3) is 0 Å². The van der Waals surface area contributed by atoms with Crippen LogP contribution in [-0.2, 0) is 11.3 Å². The summed E-state index contributed by atoms with van der Waals surface area (Å²) < 4.78 is 5.31. The lowest BCUT2D eigenvalue weighted by Crippen LogP contribution is -2.38. The van der Waals surface area contributed by atoms with Gasteiger partial charge in [0.25, 0.3) is 5.91 Å². The first-order valence-corrected chi connectivity index (χ1v) is 9.53. The molecule has 3 N–H and O–H groups in total. The first kappa shape index (κ1) is 19.9. The summed E-state index contributed by atoms with van der Waals surface area (Å²) in [5.41, 5.74) is 8.78. The van der Waals surface area contributed by atoms with Crippen LogP contribution in [0.15, 0.2) is 42.5 Å². The molecule has 1 aliphatic heterocycles. The van der Waals surface area contributed by atoms with Crippen LogP contribution < -0.4 is 15.8 Å². The highest BCUT2D eigenvalue weighted by molar-refractivity contribution is 6.06. The number of primary amides is 1. The lowest BCUT2D eigenvalue weighted by molar-refractivity contribution is -0.123. The Kier molecular flexibility index (Phi) is 6.31. The van der Waals surface area contributed by atoms with Gasteiger partial charge in [0.2, 0.25) is 5.91 Å². The van der Waals surface area contributed by atoms with E-state index in [1.807, 2.05) is 43.3 Å². The van der Waals surface area contributed by atoms with Crippen molar-refractivity contribution in [1.29, 1.82) is 0 Å². The van der Waals surface area contributed by atoms with Crippen molar-refractivity contribution < 1.29 is 14.3 Å². The number of carbonyl (C=O) groups is 2. The van der Waals surface area contributed by atoms with E-state index in [0.29, 0.717) is 11.3 Å². The monoisotopic (exact) mass is 381 g/mol. The third-order valence-electron chi connectivity index (χ3n) is 5.18. The van der Waals surface area contributed by atoms with E-state index >= 15 is 0 Å². The minimum atomic E-state index is -0.198. The normalized spacial score (nSPS) is 15.2. The Balaban J connectivity index is 1.65. The first-order valence-electron chi connectivity index (χ1n) is 9.53. The highest BCUT2D eigenvalue weighted by atomic mass is 16.5. The van der Waals surface area contributed by atoms with Crippen LogP contribution in [0.1, 0.15) is 34.3 Å². The van der Waals surface area contributed by atoms with Gasteiger partial charge in [0.1, 0.15) is 5.75 Å². The summed E-state index contributed by atoms with van der Waals surface area (Å²) >= 11 is 0. The van der Waals surface area contributed by atoms with Gasteiger partial charge < -0.3 is 15.8 Å². The molecule has 148 valence electrons. The van der Waals surface area contributed by atoms with Crippen molar-refractivity contribution in [3.8, 4) is 5.75 Å². The first-order chi connectivity index (χ1) is 13.5. The maximum atomic E-state index is 12.7. The molecular formula is C22H27N3O3. The number of piperidine rings is 1. The molecule has 6 heteroatoms. The van der Waals surface area contributed by atoms with Crippen LogP contribution in [0.3, 0.4) is 0 Å². The zero-order valence-electron chi connectivity index (χ0n) is 16.4. The number of amides is 2. The minimum absolute atomic E-state index is 0.00816. The van der Waals surface area contributed by atoms with E-state index in [2.05, 4.69) is 10.2 Å². The topological polar surface area (TPSA) is 84.7 Å². The predicted molar refractivity (Wildman–Crippen MR) is 109 cm³/mol. The van der Waals surface area contributed by atoms with E-state index in [4.69, 9.17) is 10.5 Å². The Morgan fingerprint density at radius 3 is 2.61 bits per heavy atom. The number of anilines is 1. The number of carbonyl (C=O) groups excluding carboxylic acids is 2. The number of aryl methyl sites for hydroxylation is 1. The molecule has 2 amide bonds. The van der Waals surface area contributed by atoms with Crippen LogP contribution in [0, 0.1) is 12.8 Å². The van der Waals surface area contributed by atoms with Crippen LogP contribution in [0.2, 0.25) is 0 Å². The smallest absolute Gasteiger partial charge is 0.259 e. The maximum absolute atomic E-state index is 12.7. The zero-order chi connectivity index (χ0) is 20.1. The molecule has 1 fully saturated rings. The number of methoxy groups -OCH3 is 1. The molecule has 1 heterocycles. The van der Waals surface area contributed by atoms with Gasteiger partial charge in [0.05, 0.1) is 12.7 Å². The predicted octanol–water partition coefficient (Wildman–Crippen LogP) is 2.95. The SMILES string of the molecule is COc1ccc(C)cc1C(=O)Nc1cccc(CN2CCC(C(N)=O)CC2)c1. The Hall–Kier alpha value is -2.86. The number of likely N-dealkylation sites (tertiary alicyclic amines) is 1. The van der Waals surface area contributed by atoms with Crippen molar-refractivity contribution in [2.24, 2.45) is 11.7 Å². The van der Waals surface area contributed by atoms with Gasteiger partial charge in [0.15, 0.2) is 0 Å². The summed E-state index contributed by atoms with van der Waals surface area (Å²) in [7, 11) is 1.56. The fraction of sp³-hybridized carbons (Fsp3) is 0.364. The number of rotatable bonds is 6. The van der Waals surface area contributed by atoms with E-state index in [-0.39, 0.29) is 17.7 Å². The molecule has 2 aromatic rings. The van der Waals surface area contributed by atoms with E-state index in [1.54, 1.807) is 13.2 Å². The fourth-order valence-corrected chi connectivity index (χ4v) is 3.58. The third-order valence-corrected chi connectivity index (χ3v) is 5.18. The largest absolute Gasteiger partial charge is 0.496 e. The van der Waals surface area contributed by atoms with E-state index in [9.17, 15) is 9.59 Å². The van der Waals surface area contributed by atoms with Crippen LogP contribution in [-0.4, -0.2) is 36.9 Å². The van der Waals surface area contributed by atoms with Crippen molar-refractivity contribution in [2.45, 2.75) is 26.3 Å². The van der Waals surface area contributed by atoms with Crippen molar-refractivity contribution >= 4 is 17.5 Å². The molecule has 28 heavy (non-hydrogen) atoms. The molecular weight excluding hydrogens is 354 g/mol. The van der Waals surface area contributed by atoms with Crippen molar-refractivity contribution in [3.05, 3.63) is 59.2 Å². The average Bonchev–Trinajstić information content (AvgIpc) is 2.68. The Labute approximate surface area is 165 Å². The van der Waals surface area contributed by atoms with E-state index in [0.717, 1.165) is 49.3 Å². The third kappa shape index (κ3) is 4.89. The molecule has 0 saturated carbocycles. The van der Waals surface area contributed by atoms with Crippen LogP contribution in [0.4, 0.5) is 5.69 Å². The molecule has 1 saturated heterocycles. The lowest BCUT2D eigenvalue weighted by Gasteiger charge is -2.30. The number of benzene rings is 2. The number of ether oxygens (including phenoxy) is 1. The van der Waals surface area contributed by atoms with Crippen molar-refractivity contribution in [3.63, 3.8) is 0 Å². The number of hydrogen-bond donors (Lipinski definition) is 2. The minimum Gasteiger partial charge on any atom is -0.496 e. The standard InChI is InChI=1S/C22H27N3O3/c1-15-6-7-20(28-2)19(12-15)22(27)24-18-5-3-4-16(13-18)14-25-10-8-17(9-11-25)21(23)26/h3-7,12-13,17H,8-11,14H2,1-2H3,(H2,23,26)(H,24,27). The molecule has 6 nitrogen and oxygen atoms in total. The van der Waals surface area contributed by atoms with Gasteiger partial charge in [-0.2, -0.15) is 0 Å². The average molecular weight is 381 g/mol. The second-order valence-corrected chi connectivity index (χ2v) is 7.31. The highest BCUT2D eigenvalue weighted by Crippen LogP contribution is 2.23. The molecule has 0 unspecified atom stereocenters. The van der Waals surface area contributed by atoms with Gasteiger partial charge in [-0.3, -0.25) is 14.5 Å². The van der Waals surface area contributed by atoms with Gasteiger partial charge in [-0.15, -0.1) is 0 Å². The second-order valence-electron chi connectivity index (χ2n) is 7.31. The summed E-state index contributed by atoms with van der Waals surface area (Å²) in [6, 6.07) is 13.4. The van der Waals surface area contributed by atoms with E-state index < -0.39 is 0 Å². The summed E-state index contributed by atoms with van der Waals surface area (Å²) in [5.74, 6) is 0.152. The molecule has 0 spiro atoms. The fourth-order valence-electron chi connectivity index (χ4n) is 3.58. The number of nitrogens with one attached hydrogen (secondary N) is 1. The Bertz CT molecular complexity index is 858. The Morgan fingerprint density at radius 2 is 1.93 bits per heavy atom. The van der Waals surface area contributed by atoms with Gasteiger partial charge >= 0.3 is 0 Å². The number of hydrogen-bond acceptors (Lipinski definition) is 4. The summed E-state index contributed by atoms with van der Waals surface area (Å²) in [6.07, 6.45) is 1.61. The summed E-state index contributed by atoms with van der Waals surface area (Å²) in [5, 5.41) is 2.96. The molecule has 3 rings (SSSR count). The van der Waals surface area contributed by atoms with Gasteiger partial charge in [-0.1, -0.05) is 23.8 Å². The van der Waals surface area contributed by atoms with Crippen LogP contribution in [0.5, 0.6) is 5.75 Å². The van der Waals surface area contributed by atoms with Gasteiger partial charge in [0, 0.05) is 18.2 Å². The summed E-state index contributed by atoms with van der Waals surface area (Å²) in [4.78, 5) is 26.3. The quantitative estimate of drug-likeness (QED) is 0.806. The lowest BCUT2D eigenvalue weighted by atomic mass is 9.96. The molecule has 0 atom stereocenters. The number of nitrogens with zero attached hydrogens (tertiary/aromatic N) is 1. The van der Waals surface area contributed by atoms with Gasteiger partial charge in [-0.25, -0.2) is 0 Å². The van der Waals surface area contributed by atoms with Crippen molar-refractivity contribution in [1.82, 2.24) is 4.90 Å². The van der Waals surface area contributed by atoms with Crippen molar-refractivity contribution in [2.75, 3.05) is 25.5 Å². The number of nitrogens with two attached hydrogens (primary N) is 1. The molecule has 0 aliphatic carbocycles. The Morgan fingerprint density at radius 1 is 1.18 bits per heavy atom. The van der Waals surface area contributed by atoms with Crippen LogP contribution >= 0.6 is 0 Å². The maximum Gasteiger partial charge on any atom is 0.259 e. The second kappa shape index (κ2) is 8.89. The molecule has 0 radical (unpaired) electrons. The van der Waals surface area contributed by atoms with Gasteiger partial charge in [-0.05, 0) is 62.7 Å². The molecule has 0 bridgehead atoms. The molecule has 2 aromatic carbocycles. The molecule has 0 aromatic heterocycles. The highest BCUT2D eigenvalue weighted by Gasteiger charge is 2.23. The zero-order valence-corrected chi connectivity index (χ0v) is 16.4. The molecule has 1 aliphatic rings. The summed E-state index contributed by atoms with van der Waals surface area (Å²) in [6.45, 7) is 4.43.